The molecule has 200 valence electrons. The molecule has 11 heteroatoms. The fourth-order valence-electron chi connectivity index (χ4n) is 3.30. The lowest BCUT2D eigenvalue weighted by Gasteiger charge is -2.25. The number of ether oxygens (including phenoxy) is 1. The van der Waals surface area contributed by atoms with E-state index in [4.69, 9.17) is 20.1 Å². The van der Waals surface area contributed by atoms with Crippen LogP contribution in [0.3, 0.4) is 0 Å². The maximum atomic E-state index is 13.0. The fourth-order valence-corrected chi connectivity index (χ4v) is 3.30. The molecule has 0 heterocycles. The number of rotatable bonds is 13. The minimum atomic E-state index is -0.824. The maximum Gasteiger partial charge on any atom is 0.426 e. The average molecular weight is 521 g/mol. The predicted octanol–water partition coefficient (Wildman–Crippen LogP) is 3.19. The second-order valence-corrected chi connectivity index (χ2v) is 8.23. The first kappa shape index (κ1) is 29.6. The molecule has 0 aliphatic heterocycles. The molecule has 0 radical (unpaired) electrons. The highest BCUT2D eigenvalue weighted by molar-refractivity contribution is 5.95. The van der Waals surface area contributed by atoms with E-state index in [9.17, 15) is 14.4 Å². The lowest BCUT2D eigenvalue weighted by atomic mass is 10.0. The van der Waals surface area contributed by atoms with Crippen LogP contribution in [-0.2, 0) is 16.0 Å². The number of hydrogen-bond acceptors (Lipinski definition) is 8. The van der Waals surface area contributed by atoms with Crippen LogP contribution in [0.4, 0.5) is 9.59 Å². The molecular weight excluding hydrogens is 488 g/mol. The summed E-state index contributed by atoms with van der Waals surface area (Å²) in [6.45, 7) is 3.84. The van der Waals surface area contributed by atoms with Gasteiger partial charge in [-0.1, -0.05) is 43.3 Å². The van der Waals surface area contributed by atoms with E-state index < -0.39 is 30.2 Å². The van der Waals surface area contributed by atoms with Gasteiger partial charge in [0.05, 0.1) is 37.6 Å². The summed E-state index contributed by atoms with van der Waals surface area (Å²) in [5.74, 6) is -0.413. The molecule has 3 amide bonds. The number of nitrogens with one attached hydrogen (secondary N) is 4. The normalized spacial score (nSPS) is 11.7. The van der Waals surface area contributed by atoms with E-state index in [2.05, 4.69) is 40.5 Å². The van der Waals surface area contributed by atoms with Crippen LogP contribution in [0.25, 0.3) is 11.1 Å². The number of aryl methyl sites for hydroxylation is 1. The van der Waals surface area contributed by atoms with Crippen molar-refractivity contribution in [3.8, 4) is 23.3 Å². The van der Waals surface area contributed by atoms with Crippen molar-refractivity contribution < 1.29 is 24.0 Å². The standard InChI is InChI=1S/C27H32N6O5/c1-3-20-6-8-21(9-7-20)22-10-12-23(13-11-22)25(34)33-24(18-32-38-27(36)31-17-5-15-29)19(2)37-26(35)30-16-4-14-28/h6-13,19,24,32H,3-5,16-18H2,1-2H3,(H,30,35)(H,31,36)(H,33,34)/t19-,24-/m1/s1. The molecule has 38 heavy (non-hydrogen) atoms. The summed E-state index contributed by atoms with van der Waals surface area (Å²) in [6.07, 6.45) is -1.16. The van der Waals surface area contributed by atoms with Gasteiger partial charge in [0.25, 0.3) is 5.91 Å². The molecule has 0 spiro atoms. The molecule has 2 rings (SSSR count). The number of hydrogen-bond donors (Lipinski definition) is 4. The van der Waals surface area contributed by atoms with Crippen LogP contribution in [0.15, 0.2) is 48.5 Å². The van der Waals surface area contributed by atoms with Crippen LogP contribution in [0.5, 0.6) is 0 Å². The topological polar surface area (TPSA) is 165 Å². The summed E-state index contributed by atoms with van der Waals surface area (Å²) >= 11 is 0. The van der Waals surface area contributed by atoms with Gasteiger partial charge in [0, 0.05) is 18.7 Å². The first-order valence-electron chi connectivity index (χ1n) is 12.2. The summed E-state index contributed by atoms with van der Waals surface area (Å²) in [5, 5.41) is 24.8. The molecule has 0 saturated heterocycles. The summed E-state index contributed by atoms with van der Waals surface area (Å²) in [6, 6.07) is 18.3. The predicted molar refractivity (Wildman–Crippen MR) is 139 cm³/mol. The maximum absolute atomic E-state index is 13.0. The zero-order chi connectivity index (χ0) is 27.8. The molecular formula is C27H32N6O5. The van der Waals surface area contributed by atoms with Crippen molar-refractivity contribution in [2.24, 2.45) is 0 Å². The minimum Gasteiger partial charge on any atom is -0.444 e. The molecule has 0 fully saturated rings. The lowest BCUT2D eigenvalue weighted by molar-refractivity contribution is 0.0499. The van der Waals surface area contributed by atoms with Crippen molar-refractivity contribution in [1.29, 1.82) is 10.5 Å². The Morgan fingerprint density at radius 3 is 1.97 bits per heavy atom. The highest BCUT2D eigenvalue weighted by Crippen LogP contribution is 2.20. The van der Waals surface area contributed by atoms with E-state index in [0.717, 1.165) is 17.5 Å². The Balaban J connectivity index is 2.03. The zero-order valence-corrected chi connectivity index (χ0v) is 21.5. The summed E-state index contributed by atoms with van der Waals surface area (Å²) in [4.78, 5) is 41.6. The molecule has 2 aromatic rings. The second-order valence-electron chi connectivity index (χ2n) is 8.23. The van der Waals surface area contributed by atoms with Crippen molar-refractivity contribution in [3.63, 3.8) is 0 Å². The van der Waals surface area contributed by atoms with Crippen molar-refractivity contribution in [3.05, 3.63) is 59.7 Å². The summed E-state index contributed by atoms with van der Waals surface area (Å²) < 4.78 is 5.32. The highest BCUT2D eigenvalue weighted by atomic mass is 16.7. The van der Waals surface area contributed by atoms with Crippen LogP contribution in [0, 0.1) is 22.7 Å². The van der Waals surface area contributed by atoms with Crippen LogP contribution >= 0.6 is 0 Å². The highest BCUT2D eigenvalue weighted by Gasteiger charge is 2.24. The van der Waals surface area contributed by atoms with Crippen molar-refractivity contribution in [2.75, 3.05) is 19.6 Å². The van der Waals surface area contributed by atoms with E-state index >= 15 is 0 Å². The van der Waals surface area contributed by atoms with E-state index in [1.165, 1.54) is 5.56 Å². The molecule has 0 saturated carbocycles. The third-order valence-corrected chi connectivity index (χ3v) is 5.50. The van der Waals surface area contributed by atoms with Crippen LogP contribution in [0.2, 0.25) is 0 Å². The molecule has 4 N–H and O–H groups in total. The number of nitrogens with zero attached hydrogens (tertiary/aromatic N) is 2. The molecule has 11 nitrogen and oxygen atoms in total. The number of benzene rings is 2. The van der Waals surface area contributed by atoms with E-state index in [1.54, 1.807) is 19.1 Å². The van der Waals surface area contributed by atoms with E-state index in [-0.39, 0.29) is 32.5 Å². The molecule has 0 unspecified atom stereocenters. The van der Waals surface area contributed by atoms with Crippen molar-refractivity contribution >= 4 is 18.1 Å². The minimum absolute atomic E-state index is 0.0775. The van der Waals surface area contributed by atoms with Crippen molar-refractivity contribution in [2.45, 2.75) is 45.3 Å². The van der Waals surface area contributed by atoms with Gasteiger partial charge in [0.2, 0.25) is 0 Å². The number of hydroxylamine groups is 1. The molecule has 0 bridgehead atoms. The first-order chi connectivity index (χ1) is 18.4. The Hall–Kier alpha value is -4.61. The Morgan fingerprint density at radius 2 is 1.42 bits per heavy atom. The smallest absolute Gasteiger partial charge is 0.426 e. The number of carbonyl (C=O) groups excluding carboxylic acids is 3. The average Bonchev–Trinajstić information content (AvgIpc) is 2.92. The number of amides is 3. The Labute approximate surface area is 222 Å². The molecule has 0 aliphatic rings. The van der Waals surface area contributed by atoms with Crippen molar-refractivity contribution in [1.82, 2.24) is 21.4 Å². The summed E-state index contributed by atoms with van der Waals surface area (Å²) in [7, 11) is 0. The first-order valence-corrected chi connectivity index (χ1v) is 12.2. The molecule has 0 aromatic heterocycles. The molecule has 2 atom stereocenters. The van der Waals surface area contributed by atoms with Gasteiger partial charge in [0.1, 0.15) is 6.10 Å². The summed E-state index contributed by atoms with van der Waals surface area (Å²) in [5.41, 5.74) is 6.08. The van der Waals surface area contributed by atoms with Gasteiger partial charge >= 0.3 is 12.2 Å². The SMILES string of the molecule is CCc1ccc(-c2ccc(C(=O)N[C@H](CNOC(=O)NCCC#N)[C@@H](C)OC(=O)NCCC#N)cc2)cc1. The lowest BCUT2D eigenvalue weighted by Crippen LogP contribution is -2.51. The van der Waals surface area contributed by atoms with Crippen LogP contribution in [0.1, 0.15) is 42.6 Å². The zero-order valence-electron chi connectivity index (χ0n) is 21.5. The van der Waals surface area contributed by atoms with Gasteiger partial charge in [-0.3, -0.25) is 4.79 Å². The van der Waals surface area contributed by atoms with Crippen LogP contribution in [-0.4, -0.2) is 49.9 Å². The second kappa shape index (κ2) is 16.2. The Kier molecular flexibility index (Phi) is 12.6. The van der Waals surface area contributed by atoms with E-state index in [0.29, 0.717) is 5.56 Å². The van der Waals surface area contributed by atoms with Gasteiger partial charge in [-0.15, -0.1) is 5.48 Å². The third-order valence-electron chi connectivity index (χ3n) is 5.50. The van der Waals surface area contributed by atoms with Gasteiger partial charge in [-0.2, -0.15) is 10.5 Å². The van der Waals surface area contributed by atoms with E-state index in [1.807, 2.05) is 36.4 Å². The van der Waals surface area contributed by atoms with Gasteiger partial charge < -0.3 is 25.5 Å². The van der Waals surface area contributed by atoms with Gasteiger partial charge in [0.15, 0.2) is 0 Å². The molecule has 0 aliphatic carbocycles. The third kappa shape index (κ3) is 10.2. The fraction of sp³-hybridized carbons (Fsp3) is 0.370. The van der Waals surface area contributed by atoms with Crippen LogP contribution < -0.4 is 21.4 Å². The Morgan fingerprint density at radius 1 is 0.868 bits per heavy atom. The number of carbonyl (C=O) groups is 3. The quantitative estimate of drug-likeness (QED) is 0.231. The van der Waals surface area contributed by atoms with Gasteiger partial charge in [-0.25, -0.2) is 9.59 Å². The Bertz CT molecular complexity index is 1140. The van der Waals surface area contributed by atoms with Gasteiger partial charge in [-0.05, 0) is 42.2 Å². The number of nitriles is 2. The largest absolute Gasteiger partial charge is 0.444 e. The monoisotopic (exact) mass is 520 g/mol. The molecule has 2 aromatic carbocycles. The number of alkyl carbamates (subject to hydrolysis) is 1.